The van der Waals surface area contributed by atoms with Crippen molar-refractivity contribution in [1.82, 2.24) is 0 Å². The third-order valence-electron chi connectivity index (χ3n) is 0. The maximum Gasteiger partial charge on any atom is 2.00 e. The van der Waals surface area contributed by atoms with E-state index in [1.54, 1.807) is 0 Å². The summed E-state index contributed by atoms with van der Waals surface area (Å²) in [6.45, 7) is 0. The van der Waals surface area contributed by atoms with Crippen LogP contribution in [0.2, 0.25) is 0 Å². The summed E-state index contributed by atoms with van der Waals surface area (Å²) in [5, 5.41) is 9.17. The van der Waals surface area contributed by atoms with Gasteiger partial charge >= 0.3 is 28.7 Å². The van der Waals surface area contributed by atoms with E-state index in [0.717, 1.165) is 0 Å². The van der Waals surface area contributed by atoms with Gasteiger partial charge in [0.2, 0.25) is 0 Å². The zero-order chi connectivity index (χ0) is 16.2. The van der Waals surface area contributed by atoms with Gasteiger partial charge in [0, 0.05) is 20.8 Å². The van der Waals surface area contributed by atoms with Crippen LogP contribution in [0.5, 0.6) is 0 Å². The first-order valence-electron chi connectivity index (χ1n) is 3.07. The standard InChI is InChI=1S/2CH5N3.Co.2H2O4S.6H2O/c2*2-1(3)4;;2*1-5(2,3)4;;;;;;/h2*(H5,2,3,4);;2*(H2,1,2,3,4);6*1H2/q;;+2;;;;;;;;/p+4. The molecule has 0 rings (SSSR count). The second kappa shape index (κ2) is 38.2. The van der Waals surface area contributed by atoms with Crippen molar-refractivity contribution >= 4 is 32.7 Å². The van der Waals surface area contributed by atoms with Crippen LogP contribution >= 0.6 is 0 Å². The number of nitrogens with two attached hydrogens (primary N) is 6. The SMILES string of the molecule is NC(N)=[NH2+].NC(N)=[NH2+].O=S(=O)([O-])[O-].O=S(=O)([O-])[O-].[Co+2].[OH3+].[OH3+].[OH3+].[OH3+].[OH3+].[OH3+]. The Hall–Kier alpha value is -1.45. The average molecular weight is 485 g/mol. The molecule has 0 spiro atoms. The average Bonchev–Trinajstić information content (AvgIpc) is 1.70. The monoisotopic (exact) mass is 485 g/mol. The largest absolute Gasteiger partial charge is 2.00 e. The zero-order valence-corrected chi connectivity index (χ0v) is 15.0. The Balaban J connectivity index is -0.0000000107. The molecule has 0 unspecified atom stereocenters. The van der Waals surface area contributed by atoms with Crippen LogP contribution in [0.25, 0.3) is 0 Å². The van der Waals surface area contributed by atoms with Crippen molar-refractivity contribution < 1.29 is 95.5 Å². The van der Waals surface area contributed by atoms with Gasteiger partial charge in [0.25, 0.3) is 0 Å². The first-order chi connectivity index (χ1) is 7.46. The molecule has 0 aliphatic heterocycles. The maximum absolute atomic E-state index is 8.52. The van der Waals surface area contributed by atoms with Crippen LogP contribution in [0.4, 0.5) is 0 Å². The molecule has 0 saturated heterocycles. The molecule has 0 heterocycles. The van der Waals surface area contributed by atoms with Crippen molar-refractivity contribution in [1.29, 1.82) is 0 Å². The minimum absolute atomic E-state index is 0. The molecule has 0 aliphatic carbocycles. The molecule has 0 aromatic heterocycles. The van der Waals surface area contributed by atoms with Gasteiger partial charge in [0.05, 0.1) is 0 Å². The predicted molar refractivity (Wildman–Crippen MR) is 80.8 cm³/mol. The summed E-state index contributed by atoms with van der Waals surface area (Å²) in [5.74, 6) is -0.167. The van der Waals surface area contributed by atoms with E-state index in [0.29, 0.717) is 0 Å². The van der Waals surface area contributed by atoms with Crippen molar-refractivity contribution in [2.75, 3.05) is 0 Å². The molecule has 0 aromatic rings. The number of rotatable bonds is 0. The Bertz CT molecular complexity index is 370. The van der Waals surface area contributed by atoms with Crippen LogP contribution in [-0.2, 0) is 70.4 Å². The predicted octanol–water partition coefficient (Wildman–Crippen LogP) is -14.2. The van der Waals surface area contributed by atoms with E-state index in [1.807, 2.05) is 0 Å². The summed E-state index contributed by atoms with van der Waals surface area (Å²) >= 11 is 0. The van der Waals surface area contributed by atoms with Crippen LogP contribution in [0.15, 0.2) is 0 Å². The Kier molecular flexibility index (Phi) is 116. The van der Waals surface area contributed by atoms with Gasteiger partial charge in [-0.05, 0) is 0 Å². The summed E-state index contributed by atoms with van der Waals surface area (Å²) in [5.41, 5.74) is 18.3. The molecule has 0 aromatic carbocycles. The molecule has 0 bridgehead atoms. The quantitative estimate of drug-likeness (QED) is 0.0612. The molecule has 0 saturated carbocycles. The molecule has 167 valence electrons. The normalized spacial score (nSPS) is 6.56. The van der Waals surface area contributed by atoms with Gasteiger partial charge in [-0.2, -0.15) is 0 Å². The van der Waals surface area contributed by atoms with Crippen LogP contribution < -0.4 is 33.8 Å². The van der Waals surface area contributed by atoms with Crippen molar-refractivity contribution in [3.05, 3.63) is 0 Å². The van der Waals surface area contributed by atoms with Gasteiger partial charge in [-0.1, -0.05) is 0 Å². The van der Waals surface area contributed by atoms with Crippen LogP contribution in [0.1, 0.15) is 0 Å². The van der Waals surface area contributed by atoms with Gasteiger partial charge in [-0.3, -0.25) is 50.6 Å². The maximum atomic E-state index is 8.52. The molecule has 0 amide bonds. The smallest absolute Gasteiger partial charge is 0.759 e. The summed E-state index contributed by atoms with van der Waals surface area (Å²) < 4.78 is 68.2. The zero-order valence-electron chi connectivity index (χ0n) is 12.3. The van der Waals surface area contributed by atoms with Gasteiger partial charge < -0.3 is 51.1 Å². The molecule has 0 fully saturated rings. The summed E-state index contributed by atoms with van der Waals surface area (Å²) in [7, 11) is -10.3. The van der Waals surface area contributed by atoms with Gasteiger partial charge in [-0.25, -0.2) is 0 Å². The fourth-order valence-electron chi connectivity index (χ4n) is 0. The molecule has 0 atom stereocenters. The number of guanidine groups is 2. The Morgan fingerprint density at radius 3 is 0.560 bits per heavy atom. The van der Waals surface area contributed by atoms with Gasteiger partial charge in [0.15, 0.2) is 0 Å². The Labute approximate surface area is 151 Å². The topological polar surface area (TPSA) is 514 Å². The van der Waals surface area contributed by atoms with E-state index in [1.165, 1.54) is 0 Å². The molecule has 25 heavy (non-hydrogen) atoms. The fraction of sp³-hybridized carbons (Fsp3) is 0. The molecule has 0 aliphatic rings. The van der Waals surface area contributed by atoms with Gasteiger partial charge in [-0.15, -0.1) is 0 Å². The van der Waals surface area contributed by atoms with Crippen molar-refractivity contribution in [2.45, 2.75) is 0 Å². The van der Waals surface area contributed by atoms with Crippen molar-refractivity contribution in [2.24, 2.45) is 22.9 Å². The van der Waals surface area contributed by atoms with Crippen molar-refractivity contribution in [3.63, 3.8) is 0 Å². The van der Waals surface area contributed by atoms with E-state index in [9.17, 15) is 0 Å². The summed E-state index contributed by atoms with van der Waals surface area (Å²) in [6.07, 6.45) is 0. The van der Waals surface area contributed by atoms with E-state index in [2.05, 4.69) is 33.8 Å². The molecule has 23 heteroatoms. The van der Waals surface area contributed by atoms with E-state index in [-0.39, 0.29) is 61.6 Å². The minimum Gasteiger partial charge on any atom is -0.759 e. The first-order valence-corrected chi connectivity index (χ1v) is 5.73. The first kappa shape index (κ1) is 76.0. The Morgan fingerprint density at radius 1 is 0.560 bits per heavy atom. The molecular weight excluding hydrogens is 455 g/mol. The third-order valence-corrected chi connectivity index (χ3v) is 0. The summed E-state index contributed by atoms with van der Waals surface area (Å²) in [6, 6.07) is 0. The third kappa shape index (κ3) is 4510. The van der Waals surface area contributed by atoms with E-state index < -0.39 is 20.8 Å². The van der Waals surface area contributed by atoms with Gasteiger partial charge in [0.1, 0.15) is 0 Å². The van der Waals surface area contributed by atoms with Crippen molar-refractivity contribution in [3.8, 4) is 0 Å². The van der Waals surface area contributed by atoms with Crippen LogP contribution in [0, 0.1) is 0 Å². The van der Waals surface area contributed by atoms with E-state index in [4.69, 9.17) is 35.0 Å². The molecule has 20 nitrogen and oxygen atoms in total. The molecular formula is C2H30CoN6O14S2+6. The number of hydrogen-bond acceptors (Lipinski definition) is 8. The second-order valence-electron chi connectivity index (χ2n) is 1.82. The van der Waals surface area contributed by atoms with E-state index >= 15 is 0 Å². The number of hydrogen-bond donors (Lipinski definition) is 6. The molecule has 30 N–H and O–H groups in total. The minimum atomic E-state index is -5.17. The van der Waals surface area contributed by atoms with Crippen LogP contribution in [0.3, 0.4) is 0 Å². The summed E-state index contributed by atoms with van der Waals surface area (Å²) in [4.78, 5) is 0. The fourth-order valence-corrected chi connectivity index (χ4v) is 0. The van der Waals surface area contributed by atoms with Crippen LogP contribution in [-0.4, -0.2) is 47.0 Å². The molecule has 1 radical (unpaired) electrons. The Morgan fingerprint density at radius 2 is 0.560 bits per heavy atom. The second-order valence-corrected chi connectivity index (χ2v) is 3.45.